The van der Waals surface area contributed by atoms with Crippen LogP contribution >= 0.6 is 11.3 Å². The summed E-state index contributed by atoms with van der Waals surface area (Å²) < 4.78 is 26.8. The van der Waals surface area contributed by atoms with Crippen LogP contribution in [0.3, 0.4) is 0 Å². The number of anilines is 1. The molecule has 4 rings (SSSR count). The van der Waals surface area contributed by atoms with Gasteiger partial charge in [0.15, 0.2) is 5.13 Å². The molecule has 7 heteroatoms. The standard InChI is InChI=1S/C19H19N3O2S2/c1-22(26(23,24)16-8-5-11-20-13-16)19-21-17-10-9-15(12-18(17)25-19)14-6-3-2-4-7-14/h2-8,11,13,15H,9-10,12H2,1H3/t15-/m0/s1. The Labute approximate surface area is 157 Å². The zero-order valence-electron chi connectivity index (χ0n) is 14.4. The van der Waals surface area contributed by atoms with E-state index in [0.717, 1.165) is 25.0 Å². The Hall–Kier alpha value is -2.25. The molecule has 5 nitrogen and oxygen atoms in total. The van der Waals surface area contributed by atoms with E-state index in [2.05, 4.69) is 34.2 Å². The monoisotopic (exact) mass is 385 g/mol. The van der Waals surface area contributed by atoms with E-state index in [4.69, 9.17) is 0 Å². The molecule has 0 fully saturated rings. The normalized spacial score (nSPS) is 16.9. The second-order valence-corrected chi connectivity index (χ2v) is 9.41. The number of rotatable bonds is 4. The van der Waals surface area contributed by atoms with Crippen molar-refractivity contribution in [1.82, 2.24) is 9.97 Å². The van der Waals surface area contributed by atoms with Gasteiger partial charge in [-0.2, -0.15) is 0 Å². The number of hydrogen-bond donors (Lipinski definition) is 0. The quantitative estimate of drug-likeness (QED) is 0.688. The van der Waals surface area contributed by atoms with Crippen LogP contribution in [0, 0.1) is 0 Å². The van der Waals surface area contributed by atoms with Gasteiger partial charge in [-0.25, -0.2) is 17.7 Å². The van der Waals surface area contributed by atoms with Crippen molar-refractivity contribution in [2.75, 3.05) is 11.4 Å². The molecule has 1 aliphatic carbocycles. The first-order valence-corrected chi connectivity index (χ1v) is 10.7. The van der Waals surface area contributed by atoms with Gasteiger partial charge in [-0.1, -0.05) is 30.3 Å². The first-order chi connectivity index (χ1) is 12.6. The molecule has 0 saturated heterocycles. The molecular weight excluding hydrogens is 366 g/mol. The van der Waals surface area contributed by atoms with E-state index in [1.807, 2.05) is 6.07 Å². The molecule has 0 unspecified atom stereocenters. The van der Waals surface area contributed by atoms with Gasteiger partial charge in [-0.15, -0.1) is 11.3 Å². The van der Waals surface area contributed by atoms with Crippen LogP contribution in [0.5, 0.6) is 0 Å². The van der Waals surface area contributed by atoms with Gasteiger partial charge < -0.3 is 0 Å². The van der Waals surface area contributed by atoms with Gasteiger partial charge in [0, 0.05) is 24.3 Å². The minimum atomic E-state index is -3.64. The maximum Gasteiger partial charge on any atom is 0.267 e. The Morgan fingerprint density at radius 1 is 1.15 bits per heavy atom. The molecule has 1 atom stereocenters. The summed E-state index contributed by atoms with van der Waals surface area (Å²) in [6.45, 7) is 0. The summed E-state index contributed by atoms with van der Waals surface area (Å²) in [4.78, 5) is 9.90. The average molecular weight is 386 g/mol. The molecule has 0 saturated carbocycles. The summed E-state index contributed by atoms with van der Waals surface area (Å²) in [5.74, 6) is 0.470. The van der Waals surface area contributed by atoms with Crippen molar-refractivity contribution in [3.63, 3.8) is 0 Å². The maximum absolute atomic E-state index is 12.8. The molecule has 0 bridgehead atoms. The van der Waals surface area contributed by atoms with Crippen molar-refractivity contribution in [1.29, 1.82) is 0 Å². The van der Waals surface area contributed by atoms with Crippen molar-refractivity contribution < 1.29 is 8.42 Å². The first kappa shape index (κ1) is 17.2. The Morgan fingerprint density at radius 3 is 2.69 bits per heavy atom. The van der Waals surface area contributed by atoms with Gasteiger partial charge in [0.25, 0.3) is 10.0 Å². The third-order valence-electron chi connectivity index (χ3n) is 4.76. The number of hydrogen-bond acceptors (Lipinski definition) is 5. The van der Waals surface area contributed by atoms with Crippen molar-refractivity contribution in [3.8, 4) is 0 Å². The first-order valence-electron chi connectivity index (χ1n) is 8.48. The third-order valence-corrected chi connectivity index (χ3v) is 7.80. The molecule has 3 aromatic rings. The minimum Gasteiger partial charge on any atom is -0.263 e. The zero-order chi connectivity index (χ0) is 18.1. The summed E-state index contributed by atoms with van der Waals surface area (Å²) >= 11 is 1.48. The van der Waals surface area contributed by atoms with Crippen LogP contribution in [-0.2, 0) is 22.9 Å². The molecule has 26 heavy (non-hydrogen) atoms. The zero-order valence-corrected chi connectivity index (χ0v) is 16.0. The van der Waals surface area contributed by atoms with Crippen LogP contribution in [0.2, 0.25) is 0 Å². The van der Waals surface area contributed by atoms with Crippen LogP contribution in [0.25, 0.3) is 0 Å². The number of aromatic nitrogens is 2. The van der Waals surface area contributed by atoms with Crippen LogP contribution in [0.4, 0.5) is 5.13 Å². The van der Waals surface area contributed by atoms with Crippen molar-refractivity contribution >= 4 is 26.5 Å². The van der Waals surface area contributed by atoms with Crippen LogP contribution in [0.15, 0.2) is 59.8 Å². The highest BCUT2D eigenvalue weighted by molar-refractivity contribution is 7.93. The molecule has 0 spiro atoms. The summed E-state index contributed by atoms with van der Waals surface area (Å²) in [5, 5.41) is 0.521. The summed E-state index contributed by atoms with van der Waals surface area (Å²) in [6.07, 6.45) is 5.76. The SMILES string of the molecule is CN(c1nc2c(s1)C[C@@H](c1ccccc1)CC2)S(=O)(=O)c1cccnc1. The fourth-order valence-electron chi connectivity index (χ4n) is 3.27. The third kappa shape index (κ3) is 3.12. The smallest absolute Gasteiger partial charge is 0.263 e. The molecule has 2 aromatic heterocycles. The van der Waals surface area contributed by atoms with Gasteiger partial charge in [-0.3, -0.25) is 4.98 Å². The largest absolute Gasteiger partial charge is 0.267 e. The van der Waals surface area contributed by atoms with Gasteiger partial charge >= 0.3 is 0 Å². The average Bonchev–Trinajstić information content (AvgIpc) is 3.12. The molecule has 0 N–H and O–H groups in total. The van der Waals surface area contributed by atoms with Crippen molar-refractivity contribution in [3.05, 3.63) is 71.0 Å². The summed E-state index contributed by atoms with van der Waals surface area (Å²) in [5.41, 5.74) is 2.37. The fourth-order valence-corrected chi connectivity index (χ4v) is 5.73. The Bertz CT molecular complexity index is 1000. The van der Waals surface area contributed by atoms with E-state index in [1.54, 1.807) is 25.4 Å². The van der Waals surface area contributed by atoms with E-state index < -0.39 is 10.0 Å². The predicted octanol–water partition coefficient (Wildman–Crippen LogP) is 3.64. The summed E-state index contributed by atoms with van der Waals surface area (Å²) in [7, 11) is -2.08. The van der Waals surface area contributed by atoms with E-state index in [0.29, 0.717) is 11.0 Å². The topological polar surface area (TPSA) is 63.2 Å². The second-order valence-electron chi connectivity index (χ2n) is 6.38. The maximum atomic E-state index is 12.8. The van der Waals surface area contributed by atoms with E-state index in [1.165, 1.54) is 32.3 Å². The van der Waals surface area contributed by atoms with Crippen molar-refractivity contribution in [2.45, 2.75) is 30.1 Å². The summed E-state index contributed by atoms with van der Waals surface area (Å²) in [6, 6.07) is 13.7. The number of sulfonamides is 1. The van der Waals surface area contributed by atoms with Gasteiger partial charge in [-0.05, 0) is 42.9 Å². The number of benzene rings is 1. The lowest BCUT2D eigenvalue weighted by Gasteiger charge is -2.21. The fraction of sp³-hybridized carbons (Fsp3) is 0.263. The Balaban J connectivity index is 1.60. The minimum absolute atomic E-state index is 0.179. The Kier molecular flexibility index (Phi) is 4.50. The van der Waals surface area contributed by atoms with Gasteiger partial charge in [0.1, 0.15) is 4.90 Å². The molecule has 1 aromatic carbocycles. The van der Waals surface area contributed by atoms with Crippen molar-refractivity contribution in [2.24, 2.45) is 0 Å². The molecule has 0 amide bonds. The highest BCUT2D eigenvalue weighted by atomic mass is 32.2. The van der Waals surface area contributed by atoms with E-state index >= 15 is 0 Å². The number of thiazole rings is 1. The van der Waals surface area contributed by atoms with Gasteiger partial charge in [0.2, 0.25) is 0 Å². The molecule has 1 aliphatic rings. The van der Waals surface area contributed by atoms with E-state index in [-0.39, 0.29) is 4.90 Å². The second kappa shape index (κ2) is 6.81. The molecular formula is C19H19N3O2S2. The van der Waals surface area contributed by atoms with Gasteiger partial charge in [0.05, 0.1) is 5.69 Å². The van der Waals surface area contributed by atoms with Crippen LogP contribution in [-0.4, -0.2) is 25.4 Å². The van der Waals surface area contributed by atoms with Crippen LogP contribution in [0.1, 0.15) is 28.5 Å². The number of fused-ring (bicyclic) bond motifs is 1. The number of pyridine rings is 1. The highest BCUT2D eigenvalue weighted by Crippen LogP contribution is 2.38. The lowest BCUT2D eigenvalue weighted by molar-refractivity contribution is 0.584. The molecule has 134 valence electrons. The Morgan fingerprint density at radius 2 is 1.96 bits per heavy atom. The van der Waals surface area contributed by atoms with E-state index in [9.17, 15) is 8.42 Å². The molecule has 2 heterocycles. The molecule has 0 radical (unpaired) electrons. The lowest BCUT2D eigenvalue weighted by Crippen LogP contribution is -2.26. The van der Waals surface area contributed by atoms with Crippen LogP contribution < -0.4 is 4.31 Å². The highest BCUT2D eigenvalue weighted by Gasteiger charge is 2.28. The lowest BCUT2D eigenvalue weighted by atomic mass is 9.85. The predicted molar refractivity (Wildman–Crippen MR) is 103 cm³/mol. The number of aryl methyl sites for hydroxylation is 1. The molecule has 0 aliphatic heterocycles. The number of nitrogens with zero attached hydrogens (tertiary/aromatic N) is 3.